The molecule has 0 spiro atoms. The van der Waals surface area contributed by atoms with Crippen molar-refractivity contribution in [1.29, 1.82) is 0 Å². The molecular weight excluding hydrogens is 320 g/mol. The number of carboxylic acids is 1. The number of aliphatic carboxylic acids is 1. The summed E-state index contributed by atoms with van der Waals surface area (Å²) in [5.41, 5.74) is -0.346. The van der Waals surface area contributed by atoms with Crippen LogP contribution in [0, 0.1) is 5.41 Å². The van der Waals surface area contributed by atoms with Crippen LogP contribution in [0.5, 0.6) is 0 Å². The summed E-state index contributed by atoms with van der Waals surface area (Å²) in [4.78, 5) is 36.5. The fourth-order valence-corrected chi connectivity index (χ4v) is 4.08. The third-order valence-corrected chi connectivity index (χ3v) is 5.43. The van der Waals surface area contributed by atoms with Crippen LogP contribution in [0.2, 0.25) is 0 Å². The smallest absolute Gasteiger partial charge is 0.303 e. The Hall–Kier alpha value is -2.18. The lowest BCUT2D eigenvalue weighted by Gasteiger charge is -2.39. The molecule has 136 valence electrons. The van der Waals surface area contributed by atoms with Crippen LogP contribution in [0.25, 0.3) is 0 Å². The summed E-state index contributed by atoms with van der Waals surface area (Å²) in [5, 5.41) is 9.27. The zero-order chi connectivity index (χ0) is 17.7. The number of aromatic nitrogens is 2. The van der Waals surface area contributed by atoms with Gasteiger partial charge in [-0.2, -0.15) is 0 Å². The van der Waals surface area contributed by atoms with Crippen LogP contribution in [0.4, 0.5) is 5.95 Å². The van der Waals surface area contributed by atoms with Gasteiger partial charge >= 0.3 is 5.97 Å². The second-order valence-corrected chi connectivity index (χ2v) is 7.22. The molecule has 2 heterocycles. The molecule has 2 aliphatic rings. The van der Waals surface area contributed by atoms with Crippen molar-refractivity contribution in [3.63, 3.8) is 0 Å². The van der Waals surface area contributed by atoms with Crippen LogP contribution in [0.15, 0.2) is 18.5 Å². The zero-order valence-corrected chi connectivity index (χ0v) is 14.6. The summed E-state index contributed by atoms with van der Waals surface area (Å²) >= 11 is 0. The monoisotopic (exact) mass is 346 g/mol. The number of carbonyl (C=O) groups is 2. The molecule has 25 heavy (non-hydrogen) atoms. The molecule has 0 aromatic carbocycles. The Morgan fingerprint density at radius 2 is 1.64 bits per heavy atom. The van der Waals surface area contributed by atoms with Gasteiger partial charge < -0.3 is 14.9 Å². The van der Waals surface area contributed by atoms with Gasteiger partial charge in [0.1, 0.15) is 0 Å². The molecule has 1 N–H and O–H groups in total. The van der Waals surface area contributed by atoms with Crippen molar-refractivity contribution in [3.05, 3.63) is 18.5 Å². The molecule has 3 rings (SSSR count). The molecule has 0 radical (unpaired) electrons. The summed E-state index contributed by atoms with van der Waals surface area (Å²) in [6.45, 7) is 2.70. The second-order valence-electron chi connectivity index (χ2n) is 7.22. The van der Waals surface area contributed by atoms with E-state index in [0.717, 1.165) is 32.1 Å². The largest absolute Gasteiger partial charge is 0.481 e. The number of anilines is 1. The number of rotatable bonds is 5. The Bertz CT molecular complexity index is 594. The summed E-state index contributed by atoms with van der Waals surface area (Å²) in [5.74, 6) is 0.00162. The van der Waals surface area contributed by atoms with Crippen LogP contribution in [-0.2, 0) is 9.59 Å². The SMILES string of the molecule is O=C(O)CC1(CC(=O)N2CCN(c3ncccn3)CC2)CCCCC1. The van der Waals surface area contributed by atoms with Gasteiger partial charge in [-0.05, 0) is 24.3 Å². The first kappa shape index (κ1) is 17.6. The van der Waals surface area contributed by atoms with Gasteiger partial charge in [0.25, 0.3) is 0 Å². The number of amides is 1. The molecule has 7 heteroatoms. The van der Waals surface area contributed by atoms with E-state index in [0.29, 0.717) is 38.5 Å². The van der Waals surface area contributed by atoms with E-state index < -0.39 is 5.97 Å². The topological polar surface area (TPSA) is 86.6 Å². The first-order valence-electron chi connectivity index (χ1n) is 9.10. The zero-order valence-electron chi connectivity index (χ0n) is 14.6. The van der Waals surface area contributed by atoms with Gasteiger partial charge in [0.05, 0.1) is 6.42 Å². The first-order chi connectivity index (χ1) is 12.1. The van der Waals surface area contributed by atoms with E-state index in [2.05, 4.69) is 14.9 Å². The maximum absolute atomic E-state index is 12.8. The highest BCUT2D eigenvalue weighted by Gasteiger charge is 2.38. The molecule has 0 atom stereocenters. The predicted molar refractivity (Wildman–Crippen MR) is 93.2 cm³/mol. The molecule has 1 aromatic heterocycles. The highest BCUT2D eigenvalue weighted by Crippen LogP contribution is 2.42. The van der Waals surface area contributed by atoms with E-state index in [1.807, 2.05) is 4.90 Å². The molecular formula is C18H26N4O3. The molecule has 1 aliphatic heterocycles. The minimum Gasteiger partial charge on any atom is -0.481 e. The van der Waals surface area contributed by atoms with Gasteiger partial charge in [-0.3, -0.25) is 9.59 Å². The molecule has 2 fully saturated rings. The number of piperazine rings is 1. The fraction of sp³-hybridized carbons (Fsp3) is 0.667. The minimum absolute atomic E-state index is 0.0942. The van der Waals surface area contributed by atoms with Gasteiger partial charge in [0.2, 0.25) is 11.9 Å². The van der Waals surface area contributed by atoms with E-state index in [9.17, 15) is 14.7 Å². The first-order valence-corrected chi connectivity index (χ1v) is 9.10. The average Bonchev–Trinajstić information content (AvgIpc) is 2.62. The molecule has 1 saturated carbocycles. The van der Waals surface area contributed by atoms with Crippen LogP contribution in [-0.4, -0.2) is 58.0 Å². The van der Waals surface area contributed by atoms with Gasteiger partial charge in [0.15, 0.2) is 0 Å². The summed E-state index contributed by atoms with van der Waals surface area (Å²) in [7, 11) is 0. The van der Waals surface area contributed by atoms with E-state index >= 15 is 0 Å². The average molecular weight is 346 g/mol. The lowest BCUT2D eigenvalue weighted by atomic mass is 9.69. The van der Waals surface area contributed by atoms with Crippen molar-refractivity contribution < 1.29 is 14.7 Å². The number of nitrogens with zero attached hydrogens (tertiary/aromatic N) is 4. The lowest BCUT2D eigenvalue weighted by molar-refractivity contribution is -0.142. The van der Waals surface area contributed by atoms with Gasteiger partial charge in [-0.15, -0.1) is 0 Å². The third kappa shape index (κ3) is 4.46. The van der Waals surface area contributed by atoms with Crippen molar-refractivity contribution in [2.24, 2.45) is 5.41 Å². The Kier molecular flexibility index (Phi) is 5.50. The quantitative estimate of drug-likeness (QED) is 0.877. The Morgan fingerprint density at radius 3 is 2.24 bits per heavy atom. The van der Waals surface area contributed by atoms with E-state index in [-0.39, 0.29) is 17.7 Å². The highest BCUT2D eigenvalue weighted by molar-refractivity contribution is 5.78. The standard InChI is InChI=1S/C18H26N4O3/c23-15(13-18(14-16(24)25)5-2-1-3-6-18)21-9-11-22(12-10-21)17-19-7-4-8-20-17/h4,7-8H,1-3,5-6,9-14H2,(H,24,25). The highest BCUT2D eigenvalue weighted by atomic mass is 16.4. The summed E-state index contributed by atoms with van der Waals surface area (Å²) in [6.07, 6.45) is 8.81. The third-order valence-electron chi connectivity index (χ3n) is 5.43. The molecule has 1 aromatic rings. The fourth-order valence-electron chi connectivity index (χ4n) is 4.08. The predicted octanol–water partition coefficient (Wildman–Crippen LogP) is 1.94. The summed E-state index contributed by atoms with van der Waals surface area (Å²) < 4.78 is 0. The number of carboxylic acid groups (broad SMARTS) is 1. The maximum Gasteiger partial charge on any atom is 0.303 e. The maximum atomic E-state index is 12.8. The molecule has 1 aliphatic carbocycles. The van der Waals surface area contributed by atoms with Crippen LogP contribution in [0.3, 0.4) is 0 Å². The Morgan fingerprint density at radius 1 is 1.00 bits per heavy atom. The van der Waals surface area contributed by atoms with Gasteiger partial charge in [0, 0.05) is 45.0 Å². The Labute approximate surface area is 148 Å². The number of carbonyl (C=O) groups excluding carboxylic acids is 1. The second kappa shape index (κ2) is 7.80. The van der Waals surface area contributed by atoms with E-state index in [4.69, 9.17) is 0 Å². The van der Waals surface area contributed by atoms with Gasteiger partial charge in [-0.25, -0.2) is 9.97 Å². The summed E-state index contributed by atoms with van der Waals surface area (Å²) in [6, 6.07) is 1.79. The van der Waals surface area contributed by atoms with Crippen molar-refractivity contribution in [3.8, 4) is 0 Å². The molecule has 1 amide bonds. The van der Waals surface area contributed by atoms with Crippen molar-refractivity contribution >= 4 is 17.8 Å². The molecule has 7 nitrogen and oxygen atoms in total. The van der Waals surface area contributed by atoms with Crippen LogP contribution < -0.4 is 4.90 Å². The molecule has 0 unspecified atom stereocenters. The minimum atomic E-state index is -0.791. The molecule has 0 bridgehead atoms. The van der Waals surface area contributed by atoms with E-state index in [1.54, 1.807) is 18.5 Å². The van der Waals surface area contributed by atoms with Crippen LogP contribution in [0.1, 0.15) is 44.9 Å². The van der Waals surface area contributed by atoms with Crippen LogP contribution >= 0.6 is 0 Å². The normalized spacial score (nSPS) is 20.3. The van der Waals surface area contributed by atoms with Crippen molar-refractivity contribution in [1.82, 2.24) is 14.9 Å². The van der Waals surface area contributed by atoms with Crippen molar-refractivity contribution in [2.45, 2.75) is 44.9 Å². The van der Waals surface area contributed by atoms with Crippen molar-refractivity contribution in [2.75, 3.05) is 31.1 Å². The van der Waals surface area contributed by atoms with Gasteiger partial charge in [-0.1, -0.05) is 19.3 Å². The lowest BCUT2D eigenvalue weighted by Crippen LogP contribution is -2.50. The Balaban J connectivity index is 1.57. The number of hydrogen-bond acceptors (Lipinski definition) is 5. The number of hydrogen-bond donors (Lipinski definition) is 1. The molecule has 1 saturated heterocycles. The van der Waals surface area contributed by atoms with E-state index in [1.165, 1.54) is 0 Å².